The molecule has 122 valence electrons. The van der Waals surface area contributed by atoms with Gasteiger partial charge < -0.3 is 0 Å². The van der Waals surface area contributed by atoms with E-state index in [0.717, 1.165) is 25.7 Å². The van der Waals surface area contributed by atoms with E-state index in [4.69, 9.17) is 23.2 Å². The van der Waals surface area contributed by atoms with Gasteiger partial charge in [-0.1, -0.05) is 48.5 Å². The minimum absolute atomic E-state index is 0.0174. The molecule has 0 unspecified atom stereocenters. The lowest BCUT2D eigenvalue weighted by Gasteiger charge is -2.33. The number of sulfonamides is 1. The Morgan fingerprint density at radius 3 is 2.45 bits per heavy atom. The largest absolute Gasteiger partial charge is 0.245 e. The maximum atomic E-state index is 13.1. The molecule has 0 heterocycles. The highest BCUT2D eigenvalue weighted by Crippen LogP contribution is 2.33. The third kappa shape index (κ3) is 3.67. The van der Waals surface area contributed by atoms with Crippen LogP contribution in [0.3, 0.4) is 0 Å². The van der Waals surface area contributed by atoms with Crippen LogP contribution in [0.2, 0.25) is 10.0 Å². The molecule has 0 radical (unpaired) electrons. The molecule has 0 aromatic heterocycles. The first-order chi connectivity index (χ1) is 10.4. The van der Waals surface area contributed by atoms with Gasteiger partial charge in [0.1, 0.15) is 4.90 Å². The molecule has 0 bridgehead atoms. The molecule has 1 aliphatic carbocycles. The van der Waals surface area contributed by atoms with Crippen LogP contribution in [-0.4, -0.2) is 25.3 Å². The van der Waals surface area contributed by atoms with E-state index in [1.54, 1.807) is 19.1 Å². The summed E-state index contributed by atoms with van der Waals surface area (Å²) in [6.07, 6.45) is 6.68. The van der Waals surface area contributed by atoms with Crippen LogP contribution >= 0.6 is 23.2 Å². The molecule has 1 saturated carbocycles. The van der Waals surface area contributed by atoms with Crippen LogP contribution in [0.25, 0.3) is 0 Å². The summed E-state index contributed by atoms with van der Waals surface area (Å²) in [7, 11) is -3.66. The Kier molecular flexibility index (Phi) is 5.94. The van der Waals surface area contributed by atoms with Crippen molar-refractivity contribution in [3.05, 3.63) is 40.4 Å². The fourth-order valence-corrected chi connectivity index (χ4v) is 5.36. The van der Waals surface area contributed by atoms with Crippen molar-refractivity contribution >= 4 is 33.2 Å². The normalized spacial score (nSPS) is 16.9. The van der Waals surface area contributed by atoms with Crippen molar-refractivity contribution in [2.24, 2.45) is 0 Å². The molecular formula is C16H21Cl2NO2S. The van der Waals surface area contributed by atoms with Crippen molar-refractivity contribution in [1.82, 2.24) is 4.31 Å². The van der Waals surface area contributed by atoms with Gasteiger partial charge in [0, 0.05) is 17.6 Å². The minimum Gasteiger partial charge on any atom is -0.207 e. The lowest BCUT2D eigenvalue weighted by Crippen LogP contribution is -2.41. The Bertz CT molecular complexity index is 652. The first kappa shape index (κ1) is 17.8. The monoisotopic (exact) mass is 361 g/mol. The number of nitrogens with zero attached hydrogens (tertiary/aromatic N) is 1. The molecular weight excluding hydrogens is 341 g/mol. The van der Waals surface area contributed by atoms with E-state index in [1.807, 2.05) is 0 Å². The van der Waals surface area contributed by atoms with Gasteiger partial charge in [-0.2, -0.15) is 4.31 Å². The standard InChI is InChI=1S/C16H21Cl2NO2S/c1-3-9-19(13-7-5-4-6-8-13)22(20,21)16-10-12(2)14(17)11-15(16)18/h3,10-11,13H,1,4-9H2,2H3. The van der Waals surface area contributed by atoms with E-state index >= 15 is 0 Å². The third-order valence-corrected chi connectivity index (χ3v) is 6.88. The molecule has 1 aliphatic rings. The van der Waals surface area contributed by atoms with E-state index in [2.05, 4.69) is 6.58 Å². The molecule has 0 atom stereocenters. The number of rotatable bonds is 5. The molecule has 0 saturated heterocycles. The maximum absolute atomic E-state index is 13.1. The zero-order valence-corrected chi connectivity index (χ0v) is 15.0. The number of hydrogen-bond acceptors (Lipinski definition) is 2. The fraction of sp³-hybridized carbons (Fsp3) is 0.500. The second-order valence-electron chi connectivity index (χ2n) is 5.69. The van der Waals surface area contributed by atoms with Crippen molar-refractivity contribution in [2.45, 2.75) is 50.0 Å². The number of benzene rings is 1. The highest BCUT2D eigenvalue weighted by Gasteiger charge is 2.33. The molecule has 0 amide bonds. The Labute approximate surface area is 143 Å². The van der Waals surface area contributed by atoms with Crippen LogP contribution in [0.4, 0.5) is 0 Å². The fourth-order valence-electron chi connectivity index (χ4n) is 2.89. The smallest absolute Gasteiger partial charge is 0.207 e. The predicted molar refractivity (Wildman–Crippen MR) is 92.2 cm³/mol. The quantitative estimate of drug-likeness (QED) is 0.705. The zero-order valence-electron chi connectivity index (χ0n) is 12.7. The molecule has 1 aromatic carbocycles. The Balaban J connectivity index is 2.44. The first-order valence-corrected chi connectivity index (χ1v) is 9.66. The van der Waals surface area contributed by atoms with Gasteiger partial charge >= 0.3 is 0 Å². The van der Waals surface area contributed by atoms with Crippen LogP contribution in [0, 0.1) is 6.92 Å². The predicted octanol–water partition coefficient (Wildman–Crippen LogP) is 4.81. The molecule has 2 rings (SSSR count). The highest BCUT2D eigenvalue weighted by molar-refractivity contribution is 7.89. The van der Waals surface area contributed by atoms with E-state index in [9.17, 15) is 8.42 Å². The summed E-state index contributed by atoms with van der Waals surface area (Å²) in [4.78, 5) is 0.128. The molecule has 3 nitrogen and oxygen atoms in total. The molecule has 0 spiro atoms. The lowest BCUT2D eigenvalue weighted by molar-refractivity contribution is 0.269. The Morgan fingerprint density at radius 1 is 1.23 bits per heavy atom. The second-order valence-corrected chi connectivity index (χ2v) is 8.36. The highest BCUT2D eigenvalue weighted by atomic mass is 35.5. The number of aryl methyl sites for hydroxylation is 1. The van der Waals surface area contributed by atoms with Crippen LogP contribution < -0.4 is 0 Å². The summed E-state index contributed by atoms with van der Waals surface area (Å²) in [5, 5.41) is 0.636. The van der Waals surface area contributed by atoms with E-state index in [-0.39, 0.29) is 16.0 Å². The van der Waals surface area contributed by atoms with Gasteiger partial charge in [-0.15, -0.1) is 6.58 Å². The van der Waals surface area contributed by atoms with Gasteiger partial charge in [0.2, 0.25) is 10.0 Å². The first-order valence-electron chi connectivity index (χ1n) is 7.46. The Hall–Kier alpha value is -0.550. The molecule has 0 aliphatic heterocycles. The summed E-state index contributed by atoms with van der Waals surface area (Å²) in [6.45, 7) is 5.77. The second kappa shape index (κ2) is 7.35. The van der Waals surface area contributed by atoms with Crippen molar-refractivity contribution in [1.29, 1.82) is 0 Å². The van der Waals surface area contributed by atoms with Gasteiger partial charge in [-0.25, -0.2) is 8.42 Å². The molecule has 6 heteroatoms. The average molecular weight is 362 g/mol. The molecule has 0 N–H and O–H groups in total. The van der Waals surface area contributed by atoms with Crippen molar-refractivity contribution in [2.75, 3.05) is 6.54 Å². The lowest BCUT2D eigenvalue weighted by atomic mass is 9.95. The van der Waals surface area contributed by atoms with E-state index < -0.39 is 10.0 Å². The summed E-state index contributed by atoms with van der Waals surface area (Å²) in [5.74, 6) is 0. The van der Waals surface area contributed by atoms with Gasteiger partial charge in [0.25, 0.3) is 0 Å². The van der Waals surface area contributed by atoms with Crippen LogP contribution in [0.1, 0.15) is 37.7 Å². The van der Waals surface area contributed by atoms with Crippen LogP contribution in [0.15, 0.2) is 29.7 Å². The SMILES string of the molecule is C=CCN(C1CCCCC1)S(=O)(=O)c1cc(C)c(Cl)cc1Cl. The average Bonchev–Trinajstić information content (AvgIpc) is 2.49. The Morgan fingerprint density at radius 2 is 1.86 bits per heavy atom. The summed E-state index contributed by atoms with van der Waals surface area (Å²) in [6, 6.07) is 3.07. The topological polar surface area (TPSA) is 37.4 Å². The third-order valence-electron chi connectivity index (χ3n) is 4.09. The van der Waals surface area contributed by atoms with Gasteiger partial charge in [-0.05, 0) is 37.5 Å². The summed E-state index contributed by atoms with van der Waals surface area (Å²) in [5.41, 5.74) is 0.701. The molecule has 22 heavy (non-hydrogen) atoms. The van der Waals surface area contributed by atoms with E-state index in [1.165, 1.54) is 16.8 Å². The van der Waals surface area contributed by atoms with Gasteiger partial charge in [0.05, 0.1) is 5.02 Å². The van der Waals surface area contributed by atoms with Crippen molar-refractivity contribution in [3.63, 3.8) is 0 Å². The van der Waals surface area contributed by atoms with Crippen LogP contribution in [0.5, 0.6) is 0 Å². The summed E-state index contributed by atoms with van der Waals surface area (Å²) < 4.78 is 27.6. The molecule has 1 fully saturated rings. The molecule has 1 aromatic rings. The van der Waals surface area contributed by atoms with Crippen molar-refractivity contribution < 1.29 is 8.42 Å². The number of halogens is 2. The van der Waals surface area contributed by atoms with Crippen LogP contribution in [-0.2, 0) is 10.0 Å². The minimum atomic E-state index is -3.66. The van der Waals surface area contributed by atoms with E-state index in [0.29, 0.717) is 17.1 Å². The maximum Gasteiger partial charge on any atom is 0.245 e. The summed E-state index contributed by atoms with van der Waals surface area (Å²) >= 11 is 12.2. The zero-order chi connectivity index (χ0) is 16.3. The number of hydrogen-bond donors (Lipinski definition) is 0. The van der Waals surface area contributed by atoms with Gasteiger partial charge in [0.15, 0.2) is 0 Å². The van der Waals surface area contributed by atoms with Crippen molar-refractivity contribution in [3.8, 4) is 0 Å². The van der Waals surface area contributed by atoms with Gasteiger partial charge in [-0.3, -0.25) is 0 Å².